The van der Waals surface area contributed by atoms with Crippen LogP contribution in [0.2, 0.25) is 0 Å². The van der Waals surface area contributed by atoms with E-state index in [9.17, 15) is 4.39 Å². The van der Waals surface area contributed by atoms with Crippen molar-refractivity contribution in [2.24, 2.45) is 7.05 Å². The number of aryl methyl sites for hydroxylation is 1. The zero-order chi connectivity index (χ0) is 5.28. The summed E-state index contributed by atoms with van der Waals surface area (Å²) in [6.45, 7) is 0. The predicted molar refractivity (Wildman–Crippen MR) is 21.0 cm³/mol. The summed E-state index contributed by atoms with van der Waals surface area (Å²) in [6.07, 6.45) is 0.623. The molecule has 0 saturated heterocycles. The summed E-state index contributed by atoms with van der Waals surface area (Å²) in [5.74, 6) is 0. The molecule has 38 valence electrons. The second-order valence-corrected chi connectivity index (χ2v) is 1.19. The lowest BCUT2D eigenvalue weighted by Crippen LogP contribution is -1.86. The fraction of sp³-hybridized carbons (Fsp3) is 0.333. The van der Waals surface area contributed by atoms with Gasteiger partial charge in [-0.1, -0.05) is 0 Å². The average molecular weight is 101 g/mol. The molecule has 1 aromatic heterocycles. The van der Waals surface area contributed by atoms with E-state index in [4.69, 9.17) is 0 Å². The predicted octanol–water partition coefficient (Wildman–Crippen LogP) is -0.0458. The van der Waals surface area contributed by atoms with Crippen LogP contribution in [0, 0.1) is 6.08 Å². The van der Waals surface area contributed by atoms with Crippen LogP contribution in [0.3, 0.4) is 0 Å². The van der Waals surface area contributed by atoms with Gasteiger partial charge in [-0.3, -0.25) is 4.68 Å². The van der Waals surface area contributed by atoms with E-state index in [2.05, 4.69) is 10.1 Å². The minimum Gasteiger partial charge on any atom is -0.253 e. The normalized spacial score (nSPS) is 9.43. The third-order valence-corrected chi connectivity index (χ3v) is 0.572. The van der Waals surface area contributed by atoms with Crippen LogP contribution in [0.15, 0.2) is 6.33 Å². The zero-order valence-electron chi connectivity index (χ0n) is 3.80. The van der Waals surface area contributed by atoms with Crippen molar-refractivity contribution in [1.82, 2.24) is 14.8 Å². The monoisotopic (exact) mass is 101 g/mol. The van der Waals surface area contributed by atoms with Gasteiger partial charge in [-0.25, -0.2) is 0 Å². The number of hydrogen-bond acceptors (Lipinski definition) is 2. The minimum atomic E-state index is -0.678. The van der Waals surface area contributed by atoms with Crippen molar-refractivity contribution in [2.45, 2.75) is 0 Å². The zero-order valence-corrected chi connectivity index (χ0v) is 3.80. The maximum absolute atomic E-state index is 11.7. The standard InChI is InChI=1S/C3H4FN3/c1-7-2-5-3(4)6-7/h2H,1H3. The number of aromatic nitrogens is 3. The van der Waals surface area contributed by atoms with Gasteiger partial charge in [0.15, 0.2) is 0 Å². The first-order valence-corrected chi connectivity index (χ1v) is 1.80. The molecule has 0 aliphatic heterocycles. The quantitative estimate of drug-likeness (QED) is 0.459. The van der Waals surface area contributed by atoms with Crippen LogP contribution in [0.4, 0.5) is 4.39 Å². The smallest absolute Gasteiger partial charge is 0.253 e. The molecule has 1 rings (SSSR count). The van der Waals surface area contributed by atoms with Gasteiger partial charge in [0, 0.05) is 7.05 Å². The Kier molecular flexibility index (Phi) is 0.780. The third-order valence-electron chi connectivity index (χ3n) is 0.572. The molecular formula is C3H4FN3. The molecule has 0 saturated carbocycles. The highest BCUT2D eigenvalue weighted by Gasteiger charge is 1.88. The lowest BCUT2D eigenvalue weighted by atomic mass is 11.2. The molecular weight excluding hydrogens is 97.1 g/mol. The topological polar surface area (TPSA) is 30.7 Å². The van der Waals surface area contributed by atoms with Crippen molar-refractivity contribution >= 4 is 0 Å². The molecule has 0 unspecified atom stereocenters. The van der Waals surface area contributed by atoms with Crippen molar-refractivity contribution in [1.29, 1.82) is 0 Å². The van der Waals surface area contributed by atoms with Gasteiger partial charge in [-0.05, 0) is 0 Å². The molecule has 0 aliphatic carbocycles. The first-order valence-electron chi connectivity index (χ1n) is 1.80. The molecule has 0 radical (unpaired) electrons. The maximum atomic E-state index is 11.7. The average Bonchev–Trinajstić information content (AvgIpc) is 1.87. The van der Waals surface area contributed by atoms with Crippen molar-refractivity contribution in [3.05, 3.63) is 12.4 Å². The minimum absolute atomic E-state index is 0.678. The van der Waals surface area contributed by atoms with Crippen LogP contribution < -0.4 is 0 Å². The summed E-state index contributed by atoms with van der Waals surface area (Å²) in [5.41, 5.74) is 0. The Balaban J connectivity index is 3.04. The van der Waals surface area contributed by atoms with E-state index in [1.54, 1.807) is 7.05 Å². The van der Waals surface area contributed by atoms with Gasteiger partial charge in [0.25, 0.3) is 0 Å². The van der Waals surface area contributed by atoms with Crippen molar-refractivity contribution < 1.29 is 4.39 Å². The number of rotatable bonds is 0. The first kappa shape index (κ1) is 4.23. The summed E-state index contributed by atoms with van der Waals surface area (Å²) < 4.78 is 13.0. The largest absolute Gasteiger partial charge is 0.327 e. The van der Waals surface area contributed by atoms with Crippen molar-refractivity contribution in [3.8, 4) is 0 Å². The van der Waals surface area contributed by atoms with E-state index < -0.39 is 6.08 Å². The Morgan fingerprint density at radius 3 is 2.71 bits per heavy atom. The Labute approximate surface area is 39.8 Å². The van der Waals surface area contributed by atoms with Gasteiger partial charge in [-0.15, -0.1) is 5.10 Å². The van der Waals surface area contributed by atoms with E-state index in [0.717, 1.165) is 0 Å². The second kappa shape index (κ2) is 1.29. The van der Waals surface area contributed by atoms with Crippen LogP contribution in [0.25, 0.3) is 0 Å². The summed E-state index contributed by atoms with van der Waals surface area (Å²) in [6, 6.07) is 0. The van der Waals surface area contributed by atoms with Gasteiger partial charge < -0.3 is 0 Å². The molecule has 1 aromatic rings. The molecule has 0 amide bonds. The van der Waals surface area contributed by atoms with E-state index in [1.165, 1.54) is 11.0 Å². The Hall–Kier alpha value is -0.930. The van der Waals surface area contributed by atoms with Crippen LogP contribution in [0.1, 0.15) is 0 Å². The molecule has 0 atom stereocenters. The molecule has 1 heterocycles. The summed E-state index contributed by atoms with van der Waals surface area (Å²) in [7, 11) is 1.61. The highest BCUT2D eigenvalue weighted by Crippen LogP contribution is 1.79. The van der Waals surface area contributed by atoms with Crippen LogP contribution >= 0.6 is 0 Å². The molecule has 0 bridgehead atoms. The van der Waals surface area contributed by atoms with E-state index in [0.29, 0.717) is 0 Å². The molecule has 0 fully saturated rings. The Morgan fingerprint density at radius 2 is 2.57 bits per heavy atom. The number of halogens is 1. The third kappa shape index (κ3) is 0.734. The van der Waals surface area contributed by atoms with Crippen molar-refractivity contribution in [2.75, 3.05) is 0 Å². The van der Waals surface area contributed by atoms with Gasteiger partial charge in [0.1, 0.15) is 6.33 Å². The van der Waals surface area contributed by atoms with E-state index >= 15 is 0 Å². The lowest BCUT2D eigenvalue weighted by Gasteiger charge is -1.75. The molecule has 3 nitrogen and oxygen atoms in total. The SMILES string of the molecule is Cn1cnc(F)n1. The molecule has 0 aromatic carbocycles. The summed E-state index contributed by atoms with van der Waals surface area (Å²) in [5, 5.41) is 3.25. The Bertz CT molecular complexity index is 142. The molecule has 7 heavy (non-hydrogen) atoms. The van der Waals surface area contributed by atoms with Gasteiger partial charge in [0.05, 0.1) is 0 Å². The molecule has 0 spiro atoms. The van der Waals surface area contributed by atoms with Gasteiger partial charge in [0.2, 0.25) is 0 Å². The highest BCUT2D eigenvalue weighted by atomic mass is 19.1. The maximum Gasteiger partial charge on any atom is 0.327 e. The summed E-state index contributed by atoms with van der Waals surface area (Å²) in [4.78, 5) is 3.20. The summed E-state index contributed by atoms with van der Waals surface area (Å²) >= 11 is 0. The van der Waals surface area contributed by atoms with Crippen LogP contribution in [-0.2, 0) is 7.05 Å². The van der Waals surface area contributed by atoms with Crippen LogP contribution in [0.5, 0.6) is 0 Å². The van der Waals surface area contributed by atoms with Crippen LogP contribution in [-0.4, -0.2) is 14.8 Å². The molecule has 0 aliphatic rings. The number of hydrogen-bond donors (Lipinski definition) is 0. The van der Waals surface area contributed by atoms with Crippen molar-refractivity contribution in [3.63, 3.8) is 0 Å². The second-order valence-electron chi connectivity index (χ2n) is 1.19. The first-order chi connectivity index (χ1) is 3.29. The van der Waals surface area contributed by atoms with Gasteiger partial charge >= 0.3 is 6.08 Å². The van der Waals surface area contributed by atoms with E-state index in [-0.39, 0.29) is 0 Å². The van der Waals surface area contributed by atoms with Gasteiger partial charge in [-0.2, -0.15) is 9.37 Å². The number of nitrogens with zero attached hydrogens (tertiary/aromatic N) is 3. The molecule has 0 N–H and O–H groups in total. The lowest BCUT2D eigenvalue weighted by molar-refractivity contribution is 0.528. The van der Waals surface area contributed by atoms with E-state index in [1.807, 2.05) is 0 Å². The fourth-order valence-electron chi connectivity index (χ4n) is 0.313. The fourth-order valence-corrected chi connectivity index (χ4v) is 0.313. The Morgan fingerprint density at radius 1 is 1.86 bits per heavy atom. The molecule has 4 heteroatoms. The highest BCUT2D eigenvalue weighted by molar-refractivity contribution is 4.55.